The van der Waals surface area contributed by atoms with Crippen molar-refractivity contribution >= 4 is 24.1 Å². The number of nitrogens with zero attached hydrogens (tertiary/aromatic N) is 1. The molecule has 8 heteroatoms. The zero-order valence-corrected chi connectivity index (χ0v) is 15.8. The van der Waals surface area contributed by atoms with Crippen molar-refractivity contribution in [3.63, 3.8) is 0 Å². The summed E-state index contributed by atoms with van der Waals surface area (Å²) in [6, 6.07) is 11.5. The lowest BCUT2D eigenvalue weighted by molar-refractivity contribution is -0.149. The fraction of sp³-hybridized carbons (Fsp3) is 0.143. The summed E-state index contributed by atoms with van der Waals surface area (Å²) >= 11 is 0. The van der Waals surface area contributed by atoms with Gasteiger partial charge in [-0.25, -0.2) is 10.6 Å². The number of hydrazine groups is 1. The molecular formula is C21H19N3O5. The molecule has 0 bridgehead atoms. The Kier molecular flexibility index (Phi) is 7.23. The van der Waals surface area contributed by atoms with E-state index in [1.807, 2.05) is 0 Å². The van der Waals surface area contributed by atoms with Gasteiger partial charge in [0.25, 0.3) is 11.8 Å². The highest BCUT2D eigenvalue weighted by Crippen LogP contribution is 2.06. The first-order chi connectivity index (χ1) is 13.8. The lowest BCUT2D eigenvalue weighted by atomic mass is 10.1. The fourth-order valence-electron chi connectivity index (χ4n) is 2.25. The molecule has 2 aromatic carbocycles. The molecule has 8 nitrogen and oxygen atoms in total. The fourth-order valence-corrected chi connectivity index (χ4v) is 2.25. The number of ether oxygens (including phenoxy) is 1. The molecule has 0 aliphatic heterocycles. The molecule has 0 saturated heterocycles. The Morgan fingerprint density at radius 3 is 2.00 bits per heavy atom. The van der Waals surface area contributed by atoms with Crippen LogP contribution < -0.4 is 11.2 Å². The van der Waals surface area contributed by atoms with Gasteiger partial charge in [-0.2, -0.15) is 0 Å². The zero-order chi connectivity index (χ0) is 21.4. The Hall–Kier alpha value is -3.96. The number of esters is 1. The largest absolute Gasteiger partial charge is 0.467 e. The molecule has 0 radical (unpaired) electrons. The monoisotopic (exact) mass is 393 g/mol. The van der Waals surface area contributed by atoms with Gasteiger partial charge in [0.1, 0.15) is 6.29 Å². The van der Waals surface area contributed by atoms with Gasteiger partial charge < -0.3 is 10.1 Å². The number of likely N-dealkylation sites (N-methyl/N-ethyl adjacent to an activating group) is 1. The minimum absolute atomic E-state index is 0.229. The zero-order valence-electron chi connectivity index (χ0n) is 15.8. The molecule has 148 valence electrons. The molecule has 1 unspecified atom stereocenters. The van der Waals surface area contributed by atoms with Gasteiger partial charge in [0.15, 0.2) is 0 Å². The number of benzene rings is 2. The van der Waals surface area contributed by atoms with E-state index in [2.05, 4.69) is 21.9 Å². The van der Waals surface area contributed by atoms with Crippen molar-refractivity contribution in [2.24, 2.45) is 5.84 Å². The summed E-state index contributed by atoms with van der Waals surface area (Å²) in [7, 11) is 2.36. The smallest absolute Gasteiger partial charge is 0.338 e. The van der Waals surface area contributed by atoms with E-state index in [4.69, 9.17) is 5.84 Å². The van der Waals surface area contributed by atoms with Crippen LogP contribution in [0.2, 0.25) is 0 Å². The number of methoxy groups -OCH3 is 1. The van der Waals surface area contributed by atoms with Crippen molar-refractivity contribution in [1.29, 1.82) is 0 Å². The van der Waals surface area contributed by atoms with Crippen LogP contribution in [-0.2, 0) is 14.3 Å². The molecular weight excluding hydrogens is 374 g/mol. The standard InChI is InChI=1S/C21H19N3O5/c1-24(22)20(27)18(21(28)29-2)23-19(26)17-11-9-15(10-12-17)4-3-14-5-7-16(13-25)8-6-14/h5-13,18H,22H2,1-2H3,(H,23,26). The average Bonchev–Trinajstić information content (AvgIpc) is 2.75. The summed E-state index contributed by atoms with van der Waals surface area (Å²) in [5, 5.41) is 3.00. The quantitative estimate of drug-likeness (QED) is 0.145. The number of amides is 2. The SMILES string of the molecule is COC(=O)C(NC(=O)c1ccc(C#Cc2ccc(C=O)cc2)cc1)C(=O)N(C)N. The Morgan fingerprint density at radius 1 is 1.03 bits per heavy atom. The molecule has 2 aromatic rings. The van der Waals surface area contributed by atoms with Gasteiger partial charge in [0.05, 0.1) is 7.11 Å². The topological polar surface area (TPSA) is 119 Å². The third kappa shape index (κ3) is 5.76. The maximum Gasteiger partial charge on any atom is 0.338 e. The van der Waals surface area contributed by atoms with Crippen molar-refractivity contribution < 1.29 is 23.9 Å². The van der Waals surface area contributed by atoms with Crippen molar-refractivity contribution in [3.8, 4) is 11.8 Å². The second-order valence-corrected chi connectivity index (χ2v) is 5.95. The van der Waals surface area contributed by atoms with E-state index in [1.165, 1.54) is 19.2 Å². The molecule has 2 amide bonds. The average molecular weight is 393 g/mol. The summed E-state index contributed by atoms with van der Waals surface area (Å²) in [5.74, 6) is 8.87. The molecule has 0 aliphatic rings. The van der Waals surface area contributed by atoms with E-state index in [9.17, 15) is 19.2 Å². The summed E-state index contributed by atoms with van der Waals surface area (Å²) in [6.07, 6.45) is 0.755. The first-order valence-electron chi connectivity index (χ1n) is 8.44. The number of rotatable bonds is 5. The minimum Gasteiger partial charge on any atom is -0.467 e. The van der Waals surface area contributed by atoms with Gasteiger partial charge in [-0.15, -0.1) is 0 Å². The second-order valence-electron chi connectivity index (χ2n) is 5.95. The molecule has 0 aromatic heterocycles. The van der Waals surface area contributed by atoms with Crippen LogP contribution >= 0.6 is 0 Å². The van der Waals surface area contributed by atoms with Crippen LogP contribution in [0.3, 0.4) is 0 Å². The maximum atomic E-state index is 12.4. The van der Waals surface area contributed by atoms with Crippen molar-refractivity contribution in [3.05, 3.63) is 70.8 Å². The lowest BCUT2D eigenvalue weighted by Gasteiger charge is -2.19. The highest BCUT2D eigenvalue weighted by Gasteiger charge is 2.31. The molecule has 3 N–H and O–H groups in total. The summed E-state index contributed by atoms with van der Waals surface area (Å²) < 4.78 is 4.53. The number of nitrogens with one attached hydrogen (secondary N) is 1. The Balaban J connectivity index is 2.11. The van der Waals surface area contributed by atoms with E-state index in [0.717, 1.165) is 19.0 Å². The van der Waals surface area contributed by atoms with E-state index in [-0.39, 0.29) is 5.56 Å². The normalized spacial score (nSPS) is 10.7. The number of hydrogen-bond donors (Lipinski definition) is 2. The molecule has 0 heterocycles. The van der Waals surface area contributed by atoms with E-state index >= 15 is 0 Å². The van der Waals surface area contributed by atoms with Crippen LogP contribution in [0, 0.1) is 11.8 Å². The third-order valence-electron chi connectivity index (χ3n) is 3.85. The highest BCUT2D eigenvalue weighted by molar-refractivity contribution is 6.07. The summed E-state index contributed by atoms with van der Waals surface area (Å²) in [5.41, 5.74) is 2.19. The Bertz CT molecular complexity index is 970. The predicted molar refractivity (Wildman–Crippen MR) is 104 cm³/mol. The van der Waals surface area contributed by atoms with Gasteiger partial charge in [-0.1, -0.05) is 24.0 Å². The molecule has 2 rings (SSSR count). The van der Waals surface area contributed by atoms with Gasteiger partial charge in [-0.05, 0) is 36.4 Å². The van der Waals surface area contributed by atoms with Gasteiger partial charge in [0.2, 0.25) is 6.04 Å². The van der Waals surface area contributed by atoms with Crippen LogP contribution in [0.25, 0.3) is 0 Å². The second kappa shape index (κ2) is 9.82. The van der Waals surface area contributed by atoms with Crippen LogP contribution in [0.5, 0.6) is 0 Å². The van der Waals surface area contributed by atoms with Gasteiger partial charge in [-0.3, -0.25) is 19.4 Å². The Labute approximate surface area is 167 Å². The van der Waals surface area contributed by atoms with E-state index in [1.54, 1.807) is 36.4 Å². The molecule has 0 spiro atoms. The number of nitrogens with two attached hydrogens (primary N) is 1. The maximum absolute atomic E-state index is 12.4. The molecule has 1 atom stereocenters. The number of carbonyl (C=O) groups is 4. The Morgan fingerprint density at radius 2 is 1.55 bits per heavy atom. The number of aldehydes is 1. The van der Waals surface area contributed by atoms with Crippen LogP contribution in [0.15, 0.2) is 48.5 Å². The van der Waals surface area contributed by atoms with Crippen LogP contribution in [0.4, 0.5) is 0 Å². The first-order valence-corrected chi connectivity index (χ1v) is 8.44. The van der Waals surface area contributed by atoms with Crippen molar-refractivity contribution in [2.45, 2.75) is 6.04 Å². The first kappa shape index (κ1) is 21.3. The predicted octanol–water partition coefficient (Wildman–Crippen LogP) is 0.502. The van der Waals surface area contributed by atoms with Crippen LogP contribution in [0.1, 0.15) is 31.8 Å². The van der Waals surface area contributed by atoms with E-state index in [0.29, 0.717) is 16.1 Å². The summed E-state index contributed by atoms with van der Waals surface area (Å²) in [6.45, 7) is 0. The van der Waals surface area contributed by atoms with Crippen molar-refractivity contribution in [2.75, 3.05) is 14.2 Å². The van der Waals surface area contributed by atoms with E-state index < -0.39 is 23.8 Å². The number of carbonyl (C=O) groups excluding carboxylic acids is 4. The highest BCUT2D eigenvalue weighted by atomic mass is 16.5. The number of hydrogen-bond acceptors (Lipinski definition) is 6. The molecule has 0 saturated carbocycles. The lowest BCUT2D eigenvalue weighted by Crippen LogP contribution is -2.54. The van der Waals surface area contributed by atoms with Crippen LogP contribution in [-0.4, -0.2) is 49.3 Å². The molecule has 0 aliphatic carbocycles. The van der Waals surface area contributed by atoms with Crippen molar-refractivity contribution in [1.82, 2.24) is 10.3 Å². The molecule has 0 fully saturated rings. The van der Waals surface area contributed by atoms with Gasteiger partial charge >= 0.3 is 5.97 Å². The minimum atomic E-state index is -1.55. The summed E-state index contributed by atoms with van der Waals surface area (Å²) in [4.78, 5) is 46.7. The molecule has 29 heavy (non-hydrogen) atoms. The van der Waals surface area contributed by atoms with Gasteiger partial charge in [0, 0.05) is 29.3 Å². The third-order valence-corrected chi connectivity index (χ3v) is 3.85.